The highest BCUT2D eigenvalue weighted by Gasteiger charge is 2.08. The number of hydrogen-bond acceptors (Lipinski definition) is 4. The predicted octanol–water partition coefficient (Wildman–Crippen LogP) is 2.69. The van der Waals surface area contributed by atoms with Gasteiger partial charge in [-0.1, -0.05) is 54.2 Å². The molecule has 0 amide bonds. The number of nitrogens with zero attached hydrogens (tertiary/aromatic N) is 2. The van der Waals surface area contributed by atoms with Gasteiger partial charge < -0.3 is 10.3 Å². The van der Waals surface area contributed by atoms with Crippen molar-refractivity contribution in [1.29, 1.82) is 0 Å². The molecule has 0 aliphatic rings. The van der Waals surface area contributed by atoms with E-state index < -0.39 is 0 Å². The van der Waals surface area contributed by atoms with Gasteiger partial charge in [0.05, 0.1) is 0 Å². The number of rotatable bonds is 5. The molecule has 2 rings (SSSR count). The first kappa shape index (κ1) is 14.4. The Bertz CT molecular complexity index is 665. The van der Waals surface area contributed by atoms with Crippen molar-refractivity contribution < 1.29 is 0 Å². The van der Waals surface area contributed by atoms with Crippen molar-refractivity contribution in [3.05, 3.63) is 64.5 Å². The van der Waals surface area contributed by atoms with Crippen molar-refractivity contribution >= 4 is 17.6 Å². The SMILES string of the molecule is C=C(C)Cn1c(N)cc(=O)nc1SCc1ccccc1. The fourth-order valence-electron chi connectivity index (χ4n) is 1.76. The summed E-state index contributed by atoms with van der Waals surface area (Å²) in [6.07, 6.45) is 0. The highest BCUT2D eigenvalue weighted by Crippen LogP contribution is 2.22. The van der Waals surface area contributed by atoms with E-state index in [9.17, 15) is 4.79 Å². The van der Waals surface area contributed by atoms with Crippen LogP contribution >= 0.6 is 11.8 Å². The third kappa shape index (κ3) is 3.74. The number of benzene rings is 1. The second-order valence-electron chi connectivity index (χ2n) is 4.62. The van der Waals surface area contributed by atoms with Crippen molar-refractivity contribution in [3.63, 3.8) is 0 Å². The molecule has 0 aliphatic heterocycles. The minimum absolute atomic E-state index is 0.309. The summed E-state index contributed by atoms with van der Waals surface area (Å²) in [6, 6.07) is 11.4. The van der Waals surface area contributed by atoms with Gasteiger partial charge in [0.2, 0.25) is 0 Å². The maximum Gasteiger partial charge on any atom is 0.275 e. The molecule has 0 spiro atoms. The van der Waals surface area contributed by atoms with E-state index >= 15 is 0 Å². The molecular weight excluding hydrogens is 270 g/mol. The minimum atomic E-state index is -0.309. The van der Waals surface area contributed by atoms with Crippen LogP contribution in [0.15, 0.2) is 58.5 Å². The van der Waals surface area contributed by atoms with Crippen LogP contribution in [0.25, 0.3) is 0 Å². The number of aromatic nitrogens is 2. The van der Waals surface area contributed by atoms with E-state index in [1.165, 1.54) is 23.4 Å². The first-order valence-electron chi connectivity index (χ1n) is 6.24. The Labute approximate surface area is 122 Å². The zero-order valence-electron chi connectivity index (χ0n) is 11.4. The van der Waals surface area contributed by atoms with Crippen LogP contribution in [0.5, 0.6) is 0 Å². The van der Waals surface area contributed by atoms with Gasteiger partial charge in [-0.2, -0.15) is 4.98 Å². The molecular formula is C15H17N3OS. The summed E-state index contributed by atoms with van der Waals surface area (Å²) in [5, 5.41) is 0.627. The fraction of sp³-hybridized carbons (Fsp3) is 0.200. The third-order valence-corrected chi connectivity index (χ3v) is 3.71. The van der Waals surface area contributed by atoms with Crippen LogP contribution in [-0.4, -0.2) is 9.55 Å². The van der Waals surface area contributed by atoms with Crippen LogP contribution < -0.4 is 11.3 Å². The zero-order chi connectivity index (χ0) is 14.5. The van der Waals surface area contributed by atoms with Crippen molar-refractivity contribution in [3.8, 4) is 0 Å². The first-order valence-corrected chi connectivity index (χ1v) is 7.23. The maximum atomic E-state index is 11.5. The van der Waals surface area contributed by atoms with Gasteiger partial charge in [-0.15, -0.1) is 0 Å². The quantitative estimate of drug-likeness (QED) is 0.522. The monoisotopic (exact) mass is 287 g/mol. The van der Waals surface area contributed by atoms with E-state index in [4.69, 9.17) is 5.73 Å². The number of hydrogen-bond donors (Lipinski definition) is 1. The molecule has 0 atom stereocenters. The molecule has 0 saturated carbocycles. The van der Waals surface area contributed by atoms with Crippen LogP contribution in [-0.2, 0) is 12.3 Å². The molecule has 4 nitrogen and oxygen atoms in total. The largest absolute Gasteiger partial charge is 0.385 e. The molecule has 104 valence electrons. The fourth-order valence-corrected chi connectivity index (χ4v) is 2.73. The summed E-state index contributed by atoms with van der Waals surface area (Å²) in [5.74, 6) is 1.16. The molecule has 0 bridgehead atoms. The van der Waals surface area contributed by atoms with Gasteiger partial charge >= 0.3 is 0 Å². The Morgan fingerprint density at radius 3 is 2.75 bits per heavy atom. The Morgan fingerprint density at radius 1 is 1.40 bits per heavy atom. The van der Waals surface area contributed by atoms with Crippen molar-refractivity contribution in [2.75, 3.05) is 5.73 Å². The Morgan fingerprint density at radius 2 is 2.10 bits per heavy atom. The Kier molecular flexibility index (Phi) is 4.63. The second kappa shape index (κ2) is 6.43. The number of nitrogens with two attached hydrogens (primary N) is 1. The van der Waals surface area contributed by atoms with Crippen LogP contribution in [0.1, 0.15) is 12.5 Å². The molecule has 1 aromatic carbocycles. The van der Waals surface area contributed by atoms with Crippen molar-refractivity contribution in [2.45, 2.75) is 24.4 Å². The van der Waals surface area contributed by atoms with Crippen LogP contribution in [0, 0.1) is 0 Å². The lowest BCUT2D eigenvalue weighted by Crippen LogP contribution is -2.18. The lowest BCUT2D eigenvalue weighted by Gasteiger charge is -2.14. The van der Waals surface area contributed by atoms with Crippen LogP contribution in [0.4, 0.5) is 5.82 Å². The average molecular weight is 287 g/mol. The average Bonchev–Trinajstić information content (AvgIpc) is 2.40. The smallest absolute Gasteiger partial charge is 0.275 e. The number of nitrogen functional groups attached to an aromatic ring is 1. The number of thioether (sulfide) groups is 1. The van der Waals surface area contributed by atoms with E-state index in [0.29, 0.717) is 17.5 Å². The lowest BCUT2D eigenvalue weighted by atomic mass is 10.2. The first-order chi connectivity index (χ1) is 9.56. The lowest BCUT2D eigenvalue weighted by molar-refractivity contribution is 0.668. The summed E-state index contributed by atoms with van der Waals surface area (Å²) >= 11 is 1.50. The van der Waals surface area contributed by atoms with E-state index in [1.807, 2.05) is 41.8 Å². The summed E-state index contributed by atoms with van der Waals surface area (Å²) in [5.41, 5.74) is 7.74. The van der Waals surface area contributed by atoms with Gasteiger partial charge in [-0.05, 0) is 12.5 Å². The van der Waals surface area contributed by atoms with E-state index in [0.717, 1.165) is 11.3 Å². The molecule has 20 heavy (non-hydrogen) atoms. The number of allylic oxidation sites excluding steroid dienone is 1. The Balaban J connectivity index is 2.25. The number of anilines is 1. The standard InChI is InChI=1S/C15H17N3OS/c1-11(2)9-18-13(16)8-14(19)17-15(18)20-10-12-6-4-3-5-7-12/h3-8H,1,9-10,16H2,2H3. The summed E-state index contributed by atoms with van der Waals surface area (Å²) in [4.78, 5) is 15.6. The van der Waals surface area contributed by atoms with Crippen LogP contribution in [0.2, 0.25) is 0 Å². The molecule has 0 unspecified atom stereocenters. The molecule has 0 aliphatic carbocycles. The summed E-state index contributed by atoms with van der Waals surface area (Å²) in [7, 11) is 0. The predicted molar refractivity (Wildman–Crippen MR) is 83.7 cm³/mol. The molecule has 0 radical (unpaired) electrons. The molecule has 1 aromatic heterocycles. The minimum Gasteiger partial charge on any atom is -0.385 e. The highest BCUT2D eigenvalue weighted by molar-refractivity contribution is 7.98. The summed E-state index contributed by atoms with van der Waals surface area (Å²) < 4.78 is 1.82. The molecule has 1 heterocycles. The van der Waals surface area contributed by atoms with E-state index in [-0.39, 0.29) is 5.56 Å². The van der Waals surface area contributed by atoms with Gasteiger partial charge in [0.1, 0.15) is 5.82 Å². The van der Waals surface area contributed by atoms with Crippen LogP contribution in [0.3, 0.4) is 0 Å². The Hall–Kier alpha value is -2.01. The highest BCUT2D eigenvalue weighted by atomic mass is 32.2. The normalized spacial score (nSPS) is 10.4. The summed E-state index contributed by atoms with van der Waals surface area (Å²) in [6.45, 7) is 6.37. The molecule has 0 fully saturated rings. The molecule has 0 saturated heterocycles. The van der Waals surface area contributed by atoms with Crippen molar-refractivity contribution in [1.82, 2.24) is 9.55 Å². The van der Waals surface area contributed by atoms with Gasteiger partial charge in [0.15, 0.2) is 5.16 Å². The molecule has 2 aromatic rings. The van der Waals surface area contributed by atoms with E-state index in [1.54, 1.807) is 0 Å². The molecule has 5 heteroatoms. The molecule has 2 N–H and O–H groups in total. The topological polar surface area (TPSA) is 60.9 Å². The van der Waals surface area contributed by atoms with Gasteiger partial charge in [0, 0.05) is 18.4 Å². The maximum absolute atomic E-state index is 11.5. The zero-order valence-corrected chi connectivity index (χ0v) is 12.2. The van der Waals surface area contributed by atoms with Gasteiger partial charge in [-0.3, -0.25) is 4.79 Å². The van der Waals surface area contributed by atoms with Gasteiger partial charge in [0.25, 0.3) is 5.56 Å². The van der Waals surface area contributed by atoms with Crippen molar-refractivity contribution in [2.24, 2.45) is 0 Å². The van der Waals surface area contributed by atoms with Gasteiger partial charge in [-0.25, -0.2) is 0 Å². The third-order valence-electron chi connectivity index (χ3n) is 2.66. The van der Waals surface area contributed by atoms with E-state index in [2.05, 4.69) is 11.6 Å². The second-order valence-corrected chi connectivity index (χ2v) is 5.56.